The molecule has 2 rings (SSSR count). The van der Waals surface area contributed by atoms with Crippen molar-refractivity contribution in [3.63, 3.8) is 0 Å². The minimum atomic E-state index is -0.376. The summed E-state index contributed by atoms with van der Waals surface area (Å²) in [5.41, 5.74) is 7.49. The number of hydrogen-bond donors (Lipinski definition) is 1. The van der Waals surface area contributed by atoms with Crippen LogP contribution in [0, 0.1) is 16.0 Å². The number of anilines is 1. The first-order valence-electron chi connectivity index (χ1n) is 6.24. The van der Waals surface area contributed by atoms with Gasteiger partial charge in [-0.05, 0) is 30.9 Å². The molecule has 2 N–H and O–H groups in total. The Kier molecular flexibility index (Phi) is 3.52. The monoisotopic (exact) mass is 249 g/mol. The molecule has 18 heavy (non-hydrogen) atoms. The molecule has 2 atom stereocenters. The summed E-state index contributed by atoms with van der Waals surface area (Å²) >= 11 is 0. The number of nitro groups is 1. The van der Waals surface area contributed by atoms with Gasteiger partial charge in [0.1, 0.15) is 0 Å². The molecule has 1 aromatic carbocycles. The lowest BCUT2D eigenvalue weighted by molar-refractivity contribution is -0.384. The molecule has 0 amide bonds. The number of likely N-dealkylation sites (tertiary alicyclic amines) is 1. The average molecular weight is 249 g/mol. The third-order valence-corrected chi connectivity index (χ3v) is 3.62. The van der Waals surface area contributed by atoms with E-state index in [9.17, 15) is 10.1 Å². The highest BCUT2D eigenvalue weighted by atomic mass is 16.6. The van der Waals surface area contributed by atoms with Gasteiger partial charge < -0.3 is 5.73 Å². The fourth-order valence-corrected chi connectivity index (χ4v) is 2.67. The van der Waals surface area contributed by atoms with Crippen molar-refractivity contribution in [1.29, 1.82) is 0 Å². The molecule has 0 radical (unpaired) electrons. The quantitative estimate of drug-likeness (QED) is 0.507. The lowest BCUT2D eigenvalue weighted by Gasteiger charge is -2.21. The van der Waals surface area contributed by atoms with Gasteiger partial charge in [0.25, 0.3) is 5.69 Å². The molecule has 0 aliphatic carbocycles. The van der Waals surface area contributed by atoms with Crippen LogP contribution in [0.15, 0.2) is 18.2 Å². The van der Waals surface area contributed by atoms with Gasteiger partial charge in [-0.1, -0.05) is 6.92 Å². The zero-order valence-electron chi connectivity index (χ0n) is 10.8. The SMILES string of the molecule is CC1CC(C)N(Cc2cc([N+](=O)[O-])ccc2N)C1. The molecule has 0 saturated carbocycles. The number of nitrogens with zero attached hydrogens (tertiary/aromatic N) is 2. The standard InChI is InChI=1S/C13H19N3O2/c1-9-5-10(2)15(7-9)8-11-6-12(16(17)18)3-4-13(11)14/h3-4,6,9-10H,5,7-8,14H2,1-2H3. The van der Waals surface area contributed by atoms with Gasteiger partial charge in [0.05, 0.1) is 4.92 Å². The lowest BCUT2D eigenvalue weighted by Crippen LogP contribution is -2.27. The minimum absolute atomic E-state index is 0.110. The second kappa shape index (κ2) is 4.94. The highest BCUT2D eigenvalue weighted by Gasteiger charge is 2.26. The summed E-state index contributed by atoms with van der Waals surface area (Å²) in [4.78, 5) is 12.7. The largest absolute Gasteiger partial charge is 0.398 e. The molecule has 1 aliphatic heterocycles. The van der Waals surface area contributed by atoms with Crippen LogP contribution < -0.4 is 5.73 Å². The van der Waals surface area contributed by atoms with Crippen molar-refractivity contribution in [3.8, 4) is 0 Å². The first kappa shape index (κ1) is 12.8. The minimum Gasteiger partial charge on any atom is -0.398 e. The van der Waals surface area contributed by atoms with E-state index in [4.69, 9.17) is 5.73 Å². The van der Waals surface area contributed by atoms with E-state index < -0.39 is 0 Å². The van der Waals surface area contributed by atoms with Gasteiger partial charge in [0.2, 0.25) is 0 Å². The van der Waals surface area contributed by atoms with E-state index >= 15 is 0 Å². The second-order valence-corrected chi connectivity index (χ2v) is 5.26. The first-order valence-corrected chi connectivity index (χ1v) is 6.24. The summed E-state index contributed by atoms with van der Waals surface area (Å²) in [6.45, 7) is 6.15. The Morgan fingerprint density at radius 3 is 2.78 bits per heavy atom. The van der Waals surface area contributed by atoms with Crippen molar-refractivity contribution in [2.75, 3.05) is 12.3 Å². The molecule has 1 heterocycles. The molecule has 5 heteroatoms. The van der Waals surface area contributed by atoms with Crippen LogP contribution in [0.2, 0.25) is 0 Å². The fourth-order valence-electron chi connectivity index (χ4n) is 2.67. The van der Waals surface area contributed by atoms with Gasteiger partial charge in [-0.15, -0.1) is 0 Å². The third kappa shape index (κ3) is 2.61. The summed E-state index contributed by atoms with van der Waals surface area (Å²) in [6, 6.07) is 5.18. The van der Waals surface area contributed by atoms with Crippen LogP contribution in [0.25, 0.3) is 0 Å². The smallest absolute Gasteiger partial charge is 0.269 e. The van der Waals surface area contributed by atoms with E-state index in [0.717, 1.165) is 12.1 Å². The molecule has 0 spiro atoms. The van der Waals surface area contributed by atoms with Crippen LogP contribution >= 0.6 is 0 Å². The second-order valence-electron chi connectivity index (χ2n) is 5.26. The molecule has 0 bridgehead atoms. The predicted molar refractivity (Wildman–Crippen MR) is 71.2 cm³/mol. The normalized spacial score (nSPS) is 24.3. The highest BCUT2D eigenvalue weighted by molar-refractivity contribution is 5.52. The van der Waals surface area contributed by atoms with E-state index in [2.05, 4.69) is 18.7 Å². The summed E-state index contributed by atoms with van der Waals surface area (Å²) in [7, 11) is 0. The maximum absolute atomic E-state index is 10.8. The van der Waals surface area contributed by atoms with Gasteiger partial charge in [-0.25, -0.2) is 0 Å². The number of non-ortho nitro benzene ring substituents is 1. The van der Waals surface area contributed by atoms with Crippen molar-refractivity contribution < 1.29 is 4.92 Å². The van der Waals surface area contributed by atoms with Crippen molar-refractivity contribution in [2.24, 2.45) is 5.92 Å². The van der Waals surface area contributed by atoms with Crippen LogP contribution in [0.5, 0.6) is 0 Å². The Morgan fingerprint density at radius 2 is 2.22 bits per heavy atom. The number of nitrogen functional groups attached to an aromatic ring is 1. The summed E-state index contributed by atoms with van der Waals surface area (Å²) < 4.78 is 0. The summed E-state index contributed by atoms with van der Waals surface area (Å²) in [5, 5.41) is 10.8. The van der Waals surface area contributed by atoms with Crippen LogP contribution in [-0.2, 0) is 6.54 Å². The molecule has 1 saturated heterocycles. The summed E-state index contributed by atoms with van der Waals surface area (Å²) in [6.07, 6.45) is 1.18. The maximum atomic E-state index is 10.8. The third-order valence-electron chi connectivity index (χ3n) is 3.62. The van der Waals surface area contributed by atoms with Crippen molar-refractivity contribution in [3.05, 3.63) is 33.9 Å². The van der Waals surface area contributed by atoms with E-state index in [-0.39, 0.29) is 10.6 Å². The number of nitro benzene ring substituents is 1. The van der Waals surface area contributed by atoms with Crippen LogP contribution in [0.1, 0.15) is 25.8 Å². The topological polar surface area (TPSA) is 72.4 Å². The van der Waals surface area contributed by atoms with Gasteiger partial charge in [0, 0.05) is 37.0 Å². The van der Waals surface area contributed by atoms with Gasteiger partial charge in [0.15, 0.2) is 0 Å². The number of benzene rings is 1. The fraction of sp³-hybridized carbons (Fsp3) is 0.538. The van der Waals surface area contributed by atoms with Crippen molar-refractivity contribution in [2.45, 2.75) is 32.9 Å². The predicted octanol–water partition coefficient (Wildman–Crippen LogP) is 2.41. The maximum Gasteiger partial charge on any atom is 0.269 e. The Balaban J connectivity index is 2.18. The van der Waals surface area contributed by atoms with Crippen molar-refractivity contribution in [1.82, 2.24) is 4.90 Å². The average Bonchev–Trinajstić information content (AvgIpc) is 2.60. The van der Waals surface area contributed by atoms with Gasteiger partial charge in [-0.3, -0.25) is 15.0 Å². The molecule has 1 aromatic rings. The van der Waals surface area contributed by atoms with Gasteiger partial charge >= 0.3 is 0 Å². The van der Waals surface area contributed by atoms with E-state index in [0.29, 0.717) is 24.2 Å². The van der Waals surface area contributed by atoms with Crippen LogP contribution in [-0.4, -0.2) is 22.4 Å². The van der Waals surface area contributed by atoms with Crippen LogP contribution in [0.3, 0.4) is 0 Å². The van der Waals surface area contributed by atoms with Gasteiger partial charge in [-0.2, -0.15) is 0 Å². The lowest BCUT2D eigenvalue weighted by atomic mass is 10.1. The van der Waals surface area contributed by atoms with Crippen molar-refractivity contribution >= 4 is 11.4 Å². The molecule has 1 aliphatic rings. The number of nitrogens with two attached hydrogens (primary N) is 1. The molecule has 0 aromatic heterocycles. The molecule has 5 nitrogen and oxygen atoms in total. The Bertz CT molecular complexity index is 462. The Hall–Kier alpha value is -1.62. The van der Waals surface area contributed by atoms with E-state index in [1.165, 1.54) is 12.5 Å². The molecule has 98 valence electrons. The number of hydrogen-bond acceptors (Lipinski definition) is 4. The Labute approximate surface area is 107 Å². The van der Waals surface area contributed by atoms with E-state index in [1.807, 2.05) is 0 Å². The highest BCUT2D eigenvalue weighted by Crippen LogP contribution is 2.27. The molecule has 1 fully saturated rings. The zero-order valence-corrected chi connectivity index (χ0v) is 10.8. The van der Waals surface area contributed by atoms with E-state index in [1.54, 1.807) is 12.1 Å². The Morgan fingerprint density at radius 1 is 1.50 bits per heavy atom. The molecular weight excluding hydrogens is 230 g/mol. The first-order chi connectivity index (χ1) is 8.47. The molecular formula is C13H19N3O2. The molecule has 2 unspecified atom stereocenters. The number of rotatable bonds is 3. The van der Waals surface area contributed by atoms with Crippen LogP contribution in [0.4, 0.5) is 11.4 Å². The summed E-state index contributed by atoms with van der Waals surface area (Å²) in [5.74, 6) is 0.680. The zero-order chi connectivity index (χ0) is 13.3.